The van der Waals surface area contributed by atoms with Crippen molar-refractivity contribution in [2.75, 3.05) is 26.7 Å². The molecule has 1 saturated heterocycles. The molecule has 1 fully saturated rings. The standard InChI is InChI=1S/C8H16N2O3/c1-10-3-2-7(8(10)13)9-4-6(12)5-11/h6-7,9,11-12H,2-5H2,1H3. The summed E-state index contributed by atoms with van der Waals surface area (Å²) in [6, 6.07) is -0.189. The van der Waals surface area contributed by atoms with Gasteiger partial charge in [0.2, 0.25) is 5.91 Å². The predicted octanol–water partition coefficient (Wildman–Crippen LogP) is -1.84. The molecule has 1 aliphatic heterocycles. The van der Waals surface area contributed by atoms with Crippen molar-refractivity contribution < 1.29 is 15.0 Å². The van der Waals surface area contributed by atoms with Gasteiger partial charge in [-0.25, -0.2) is 0 Å². The fraction of sp³-hybridized carbons (Fsp3) is 0.875. The maximum Gasteiger partial charge on any atom is 0.239 e. The van der Waals surface area contributed by atoms with Gasteiger partial charge in [0.05, 0.1) is 18.8 Å². The summed E-state index contributed by atoms with van der Waals surface area (Å²) in [6.45, 7) is 0.746. The first kappa shape index (κ1) is 10.4. The molecular weight excluding hydrogens is 172 g/mol. The van der Waals surface area contributed by atoms with Crippen LogP contribution in [0.3, 0.4) is 0 Å². The molecule has 2 atom stereocenters. The van der Waals surface area contributed by atoms with Gasteiger partial charge in [0.25, 0.3) is 0 Å². The number of nitrogens with one attached hydrogen (secondary N) is 1. The van der Waals surface area contributed by atoms with Crippen LogP contribution in [0.25, 0.3) is 0 Å². The molecule has 0 aromatic rings. The lowest BCUT2D eigenvalue weighted by molar-refractivity contribution is -0.128. The SMILES string of the molecule is CN1CCC(NCC(O)CO)C1=O. The Morgan fingerprint density at radius 1 is 1.77 bits per heavy atom. The van der Waals surface area contributed by atoms with Gasteiger partial charge in [-0.05, 0) is 6.42 Å². The Bertz CT molecular complexity index is 186. The zero-order valence-corrected chi connectivity index (χ0v) is 7.73. The van der Waals surface area contributed by atoms with E-state index in [1.807, 2.05) is 0 Å². The smallest absolute Gasteiger partial charge is 0.239 e. The van der Waals surface area contributed by atoms with E-state index in [1.54, 1.807) is 11.9 Å². The van der Waals surface area contributed by atoms with Crippen molar-refractivity contribution >= 4 is 5.91 Å². The molecule has 3 N–H and O–H groups in total. The largest absolute Gasteiger partial charge is 0.394 e. The van der Waals surface area contributed by atoms with Gasteiger partial charge in [-0.1, -0.05) is 0 Å². The van der Waals surface area contributed by atoms with E-state index in [-0.39, 0.29) is 25.1 Å². The van der Waals surface area contributed by atoms with E-state index in [0.29, 0.717) is 0 Å². The first-order valence-electron chi connectivity index (χ1n) is 4.42. The highest BCUT2D eigenvalue weighted by atomic mass is 16.3. The van der Waals surface area contributed by atoms with Gasteiger partial charge in [0, 0.05) is 20.1 Å². The summed E-state index contributed by atoms with van der Waals surface area (Å²) in [5.74, 6) is 0.0603. The summed E-state index contributed by atoms with van der Waals surface area (Å²) >= 11 is 0. The lowest BCUT2D eigenvalue weighted by atomic mass is 10.2. The van der Waals surface area contributed by atoms with Crippen LogP contribution in [0.1, 0.15) is 6.42 Å². The lowest BCUT2D eigenvalue weighted by Gasteiger charge is -2.14. The van der Waals surface area contributed by atoms with Gasteiger partial charge in [-0.3, -0.25) is 4.79 Å². The first-order chi connectivity index (χ1) is 6.15. The van der Waals surface area contributed by atoms with Crippen LogP contribution in [0.2, 0.25) is 0 Å². The number of hydrogen-bond acceptors (Lipinski definition) is 4. The Hall–Kier alpha value is -0.650. The maximum atomic E-state index is 11.3. The minimum absolute atomic E-state index is 0.0603. The van der Waals surface area contributed by atoms with Crippen LogP contribution in [0.4, 0.5) is 0 Å². The van der Waals surface area contributed by atoms with Crippen molar-refractivity contribution in [1.82, 2.24) is 10.2 Å². The van der Waals surface area contributed by atoms with Crippen LogP contribution in [-0.4, -0.2) is 59.9 Å². The molecule has 0 aromatic carbocycles. The second kappa shape index (κ2) is 4.55. The second-order valence-electron chi connectivity index (χ2n) is 3.35. The quantitative estimate of drug-likeness (QED) is 0.485. The highest BCUT2D eigenvalue weighted by Crippen LogP contribution is 2.07. The Morgan fingerprint density at radius 3 is 2.92 bits per heavy atom. The summed E-state index contributed by atoms with van der Waals surface area (Å²) in [5, 5.41) is 20.5. The monoisotopic (exact) mass is 188 g/mol. The van der Waals surface area contributed by atoms with Gasteiger partial charge in [0.1, 0.15) is 0 Å². The van der Waals surface area contributed by atoms with Crippen LogP contribution >= 0.6 is 0 Å². The van der Waals surface area contributed by atoms with Gasteiger partial charge in [-0.2, -0.15) is 0 Å². The molecule has 1 amide bonds. The number of amides is 1. The van der Waals surface area contributed by atoms with Crippen molar-refractivity contribution in [2.45, 2.75) is 18.6 Å². The molecule has 5 heteroatoms. The molecule has 0 saturated carbocycles. The van der Waals surface area contributed by atoms with Crippen molar-refractivity contribution in [3.05, 3.63) is 0 Å². The molecule has 0 aliphatic carbocycles. The summed E-state index contributed by atoms with van der Waals surface area (Å²) in [5.41, 5.74) is 0. The van der Waals surface area contributed by atoms with Crippen molar-refractivity contribution in [2.24, 2.45) is 0 Å². The number of carbonyl (C=O) groups excluding carboxylic acids is 1. The van der Waals surface area contributed by atoms with Crippen LogP contribution < -0.4 is 5.32 Å². The number of nitrogens with zero attached hydrogens (tertiary/aromatic N) is 1. The van der Waals surface area contributed by atoms with E-state index in [4.69, 9.17) is 10.2 Å². The summed E-state index contributed by atoms with van der Waals surface area (Å²) in [7, 11) is 1.76. The van der Waals surface area contributed by atoms with Gasteiger partial charge in [0.15, 0.2) is 0 Å². The van der Waals surface area contributed by atoms with E-state index < -0.39 is 6.10 Å². The maximum absolute atomic E-state index is 11.3. The van der Waals surface area contributed by atoms with Gasteiger partial charge >= 0.3 is 0 Å². The Morgan fingerprint density at radius 2 is 2.46 bits per heavy atom. The van der Waals surface area contributed by atoms with Crippen molar-refractivity contribution in [3.8, 4) is 0 Å². The number of hydrogen-bond donors (Lipinski definition) is 3. The van der Waals surface area contributed by atoms with Gasteiger partial charge < -0.3 is 20.4 Å². The number of aliphatic hydroxyl groups excluding tert-OH is 2. The minimum Gasteiger partial charge on any atom is -0.394 e. The van der Waals surface area contributed by atoms with E-state index in [0.717, 1.165) is 13.0 Å². The fourth-order valence-corrected chi connectivity index (χ4v) is 1.35. The van der Waals surface area contributed by atoms with E-state index in [1.165, 1.54) is 0 Å². The molecule has 2 unspecified atom stereocenters. The molecule has 0 aromatic heterocycles. The molecule has 13 heavy (non-hydrogen) atoms. The second-order valence-corrected chi connectivity index (χ2v) is 3.35. The third-order valence-electron chi connectivity index (χ3n) is 2.24. The summed E-state index contributed by atoms with van der Waals surface area (Å²) in [4.78, 5) is 13.0. The van der Waals surface area contributed by atoms with Crippen LogP contribution in [0.15, 0.2) is 0 Å². The number of likely N-dealkylation sites (tertiary alicyclic amines) is 1. The highest BCUT2D eigenvalue weighted by Gasteiger charge is 2.28. The average molecular weight is 188 g/mol. The molecular formula is C8H16N2O3. The van der Waals surface area contributed by atoms with Crippen LogP contribution in [0.5, 0.6) is 0 Å². The van der Waals surface area contributed by atoms with Crippen molar-refractivity contribution in [1.29, 1.82) is 0 Å². The summed E-state index contributed by atoms with van der Waals surface area (Å²) in [6.07, 6.45) is -0.00766. The molecule has 1 rings (SSSR count). The Kier molecular flexibility index (Phi) is 3.65. The number of carbonyl (C=O) groups is 1. The Balaban J connectivity index is 2.26. The normalized spacial score (nSPS) is 25.3. The van der Waals surface area contributed by atoms with E-state index >= 15 is 0 Å². The highest BCUT2D eigenvalue weighted by molar-refractivity contribution is 5.83. The first-order valence-corrected chi connectivity index (χ1v) is 4.42. The topological polar surface area (TPSA) is 72.8 Å². The third kappa shape index (κ3) is 2.65. The molecule has 0 bridgehead atoms. The molecule has 0 radical (unpaired) electrons. The number of likely N-dealkylation sites (N-methyl/N-ethyl adjacent to an activating group) is 1. The predicted molar refractivity (Wildman–Crippen MR) is 47.1 cm³/mol. The number of rotatable bonds is 4. The van der Waals surface area contributed by atoms with Crippen molar-refractivity contribution in [3.63, 3.8) is 0 Å². The van der Waals surface area contributed by atoms with Crippen LogP contribution in [0, 0.1) is 0 Å². The minimum atomic E-state index is -0.779. The Labute approximate surface area is 77.3 Å². The van der Waals surface area contributed by atoms with E-state index in [2.05, 4.69) is 5.32 Å². The molecule has 5 nitrogen and oxygen atoms in total. The molecule has 1 heterocycles. The molecule has 1 aliphatic rings. The fourth-order valence-electron chi connectivity index (χ4n) is 1.35. The summed E-state index contributed by atoms with van der Waals surface area (Å²) < 4.78 is 0. The zero-order chi connectivity index (χ0) is 9.84. The third-order valence-corrected chi connectivity index (χ3v) is 2.24. The van der Waals surface area contributed by atoms with Crippen LogP contribution in [-0.2, 0) is 4.79 Å². The zero-order valence-electron chi connectivity index (χ0n) is 7.73. The molecule has 0 spiro atoms. The number of aliphatic hydroxyl groups is 2. The van der Waals surface area contributed by atoms with E-state index in [9.17, 15) is 4.79 Å². The lowest BCUT2D eigenvalue weighted by Crippen LogP contribution is -2.41. The molecule has 76 valence electrons. The average Bonchev–Trinajstić information content (AvgIpc) is 2.44. The van der Waals surface area contributed by atoms with Gasteiger partial charge in [-0.15, -0.1) is 0 Å².